The Morgan fingerprint density at radius 1 is 1.27 bits per heavy atom. The molecule has 5 nitrogen and oxygen atoms in total. The Labute approximate surface area is 169 Å². The molecule has 0 aliphatic carbocycles. The van der Waals surface area contributed by atoms with Crippen LogP contribution in [-0.4, -0.2) is 16.1 Å². The second-order valence-corrected chi connectivity index (χ2v) is 7.49. The molecule has 2 aromatic rings. The number of aromatic hydroxyl groups is 1. The maximum atomic E-state index is 12.9. The number of rotatable bonds is 3. The van der Waals surface area contributed by atoms with Crippen LogP contribution in [0.25, 0.3) is 0 Å². The number of hydrogen-bond donors (Lipinski definition) is 4. The minimum Gasteiger partial charge on any atom is -0.508 e. The molecule has 134 valence electrons. The van der Waals surface area contributed by atoms with Gasteiger partial charge in [0.05, 0.1) is 11.6 Å². The zero-order valence-electron chi connectivity index (χ0n) is 13.6. The first-order valence-electron chi connectivity index (χ1n) is 7.69. The van der Waals surface area contributed by atoms with Gasteiger partial charge >= 0.3 is 0 Å². The van der Waals surface area contributed by atoms with Gasteiger partial charge in [0.1, 0.15) is 5.75 Å². The number of allylic oxidation sites excluding steroid dienone is 1. The lowest BCUT2D eigenvalue weighted by atomic mass is 9.94. The number of halogens is 2. The van der Waals surface area contributed by atoms with Crippen LogP contribution < -0.4 is 16.0 Å². The Bertz CT molecular complexity index is 915. The zero-order valence-corrected chi connectivity index (χ0v) is 16.8. The smallest absolute Gasteiger partial charge is 0.255 e. The van der Waals surface area contributed by atoms with Gasteiger partial charge in [0.2, 0.25) is 0 Å². The largest absolute Gasteiger partial charge is 0.508 e. The molecule has 0 radical (unpaired) electrons. The molecule has 0 aromatic heterocycles. The Balaban J connectivity index is 1.98. The fraction of sp³-hybridized carbons (Fsp3) is 0.111. The quantitative estimate of drug-likeness (QED) is 0.524. The summed E-state index contributed by atoms with van der Waals surface area (Å²) in [7, 11) is 0. The van der Waals surface area contributed by atoms with Crippen LogP contribution in [0.4, 0.5) is 5.69 Å². The van der Waals surface area contributed by atoms with Gasteiger partial charge in [-0.15, -0.1) is 0 Å². The van der Waals surface area contributed by atoms with Crippen molar-refractivity contribution in [3.8, 4) is 5.75 Å². The van der Waals surface area contributed by atoms with E-state index in [0.29, 0.717) is 32.7 Å². The Kier molecular flexibility index (Phi) is 5.50. The minimum absolute atomic E-state index is 0.0694. The van der Waals surface area contributed by atoms with E-state index in [1.54, 1.807) is 49.4 Å². The molecule has 0 bridgehead atoms. The maximum absolute atomic E-state index is 12.9. The van der Waals surface area contributed by atoms with Crippen molar-refractivity contribution in [3.05, 3.63) is 68.8 Å². The van der Waals surface area contributed by atoms with Crippen LogP contribution in [0, 0.1) is 0 Å². The maximum Gasteiger partial charge on any atom is 0.255 e. The highest BCUT2D eigenvalue weighted by atomic mass is 79.9. The second-order valence-electron chi connectivity index (χ2n) is 5.73. The van der Waals surface area contributed by atoms with Gasteiger partial charge in [-0.05, 0) is 61.6 Å². The minimum atomic E-state index is -0.589. The van der Waals surface area contributed by atoms with Gasteiger partial charge in [-0.1, -0.05) is 27.5 Å². The van der Waals surface area contributed by atoms with Crippen molar-refractivity contribution in [3.63, 3.8) is 0 Å². The normalized spacial score (nSPS) is 16.7. The molecule has 0 saturated carbocycles. The lowest BCUT2D eigenvalue weighted by molar-refractivity contribution is -0.113. The molecule has 0 saturated heterocycles. The summed E-state index contributed by atoms with van der Waals surface area (Å²) in [5, 5.41) is 20.1. The third-order valence-electron chi connectivity index (χ3n) is 3.92. The van der Waals surface area contributed by atoms with E-state index in [9.17, 15) is 9.90 Å². The molecule has 1 aliphatic rings. The number of thiocarbonyl (C=S) groups is 1. The first-order valence-corrected chi connectivity index (χ1v) is 9.26. The fourth-order valence-corrected chi connectivity index (χ4v) is 3.49. The Morgan fingerprint density at radius 3 is 2.65 bits per heavy atom. The van der Waals surface area contributed by atoms with Crippen molar-refractivity contribution < 1.29 is 9.90 Å². The molecular weight excluding hydrogens is 438 g/mol. The lowest BCUT2D eigenvalue weighted by Crippen LogP contribution is -2.45. The van der Waals surface area contributed by atoms with Gasteiger partial charge in [-0.3, -0.25) is 4.79 Å². The number of carbonyl (C=O) groups is 1. The van der Waals surface area contributed by atoms with E-state index in [4.69, 9.17) is 23.8 Å². The van der Waals surface area contributed by atoms with Crippen molar-refractivity contribution in [2.24, 2.45) is 0 Å². The monoisotopic (exact) mass is 451 g/mol. The topological polar surface area (TPSA) is 73.4 Å². The summed E-state index contributed by atoms with van der Waals surface area (Å²) in [5.41, 5.74) is 2.21. The molecule has 26 heavy (non-hydrogen) atoms. The van der Waals surface area contributed by atoms with Crippen molar-refractivity contribution in [1.29, 1.82) is 0 Å². The van der Waals surface area contributed by atoms with E-state index in [0.717, 1.165) is 4.47 Å². The van der Waals surface area contributed by atoms with Gasteiger partial charge in [0.15, 0.2) is 5.11 Å². The molecule has 0 unspecified atom stereocenters. The van der Waals surface area contributed by atoms with Gasteiger partial charge in [0, 0.05) is 26.4 Å². The van der Waals surface area contributed by atoms with Crippen molar-refractivity contribution >= 4 is 56.5 Å². The first kappa shape index (κ1) is 18.7. The van der Waals surface area contributed by atoms with E-state index in [1.165, 1.54) is 0 Å². The summed E-state index contributed by atoms with van der Waals surface area (Å²) in [5.74, 6) is -0.239. The summed E-state index contributed by atoms with van der Waals surface area (Å²) in [6, 6.07) is 11.3. The molecule has 1 atom stereocenters. The van der Waals surface area contributed by atoms with E-state index in [1.807, 2.05) is 0 Å². The third kappa shape index (κ3) is 4.00. The molecular formula is C18H15BrClN3O2S. The van der Waals surface area contributed by atoms with Crippen LogP contribution in [0.15, 0.2) is 58.2 Å². The predicted molar refractivity (Wildman–Crippen MR) is 110 cm³/mol. The van der Waals surface area contributed by atoms with Gasteiger partial charge in [0.25, 0.3) is 5.91 Å². The molecule has 0 fully saturated rings. The van der Waals surface area contributed by atoms with Gasteiger partial charge in [-0.2, -0.15) is 0 Å². The fourth-order valence-electron chi connectivity index (χ4n) is 2.72. The molecule has 2 aromatic carbocycles. The van der Waals surface area contributed by atoms with Crippen molar-refractivity contribution in [2.45, 2.75) is 13.0 Å². The molecule has 4 N–H and O–H groups in total. The predicted octanol–water partition coefficient (Wildman–Crippen LogP) is 4.24. The van der Waals surface area contributed by atoms with Crippen molar-refractivity contribution in [2.75, 3.05) is 5.32 Å². The Hall–Kier alpha value is -2.09. The molecule has 0 spiro atoms. The van der Waals surface area contributed by atoms with Crippen LogP contribution in [0.5, 0.6) is 5.75 Å². The van der Waals surface area contributed by atoms with Crippen LogP contribution in [0.3, 0.4) is 0 Å². The molecule has 1 aliphatic heterocycles. The molecule has 1 amide bonds. The molecule has 1 heterocycles. The number of amides is 1. The highest BCUT2D eigenvalue weighted by Crippen LogP contribution is 2.34. The van der Waals surface area contributed by atoms with E-state index >= 15 is 0 Å². The van der Waals surface area contributed by atoms with Crippen LogP contribution in [-0.2, 0) is 4.79 Å². The number of benzene rings is 2. The third-order valence-corrected chi connectivity index (χ3v) is 4.88. The second kappa shape index (κ2) is 7.65. The summed E-state index contributed by atoms with van der Waals surface area (Å²) < 4.78 is 0.784. The van der Waals surface area contributed by atoms with Crippen LogP contribution >= 0.6 is 39.7 Å². The summed E-state index contributed by atoms with van der Waals surface area (Å²) in [6.45, 7) is 1.77. The molecule has 8 heteroatoms. The number of anilines is 1. The van der Waals surface area contributed by atoms with Gasteiger partial charge in [-0.25, -0.2) is 0 Å². The number of nitrogens with one attached hydrogen (secondary N) is 3. The van der Waals surface area contributed by atoms with E-state index in [-0.39, 0.29) is 11.7 Å². The van der Waals surface area contributed by atoms with E-state index < -0.39 is 6.04 Å². The average Bonchev–Trinajstić information content (AvgIpc) is 2.58. The number of carbonyl (C=O) groups excluding carboxylic acids is 1. The highest BCUT2D eigenvalue weighted by Gasteiger charge is 2.31. The van der Waals surface area contributed by atoms with Crippen LogP contribution in [0.2, 0.25) is 5.02 Å². The van der Waals surface area contributed by atoms with Gasteiger partial charge < -0.3 is 21.1 Å². The van der Waals surface area contributed by atoms with Crippen molar-refractivity contribution in [1.82, 2.24) is 10.6 Å². The van der Waals surface area contributed by atoms with Crippen LogP contribution in [0.1, 0.15) is 18.5 Å². The SMILES string of the molecule is CC1=C(C(=O)Nc2ccc(Cl)cc2)[C@H](c2cc(Br)ccc2O)NC(=S)N1. The lowest BCUT2D eigenvalue weighted by Gasteiger charge is -2.30. The number of phenolic OH excluding ortho intramolecular Hbond substituents is 1. The highest BCUT2D eigenvalue weighted by molar-refractivity contribution is 9.10. The number of phenols is 1. The first-order chi connectivity index (χ1) is 12.3. The summed E-state index contributed by atoms with van der Waals surface area (Å²) >= 11 is 14.5. The average molecular weight is 453 g/mol. The zero-order chi connectivity index (χ0) is 18.8. The molecule has 3 rings (SSSR count). The number of hydrogen-bond acceptors (Lipinski definition) is 3. The van der Waals surface area contributed by atoms with E-state index in [2.05, 4.69) is 31.9 Å². The summed E-state index contributed by atoms with van der Waals surface area (Å²) in [4.78, 5) is 12.9. The summed E-state index contributed by atoms with van der Waals surface area (Å²) in [6.07, 6.45) is 0. The standard InChI is InChI=1S/C18H15BrClN3O2S/c1-9-15(17(25)22-12-5-3-11(20)4-6-12)16(23-18(26)21-9)13-8-10(19)2-7-14(13)24/h2-8,16,24H,1H3,(H,22,25)(H2,21,23,26)/t16-/m0/s1. The Morgan fingerprint density at radius 2 is 1.96 bits per heavy atom.